The van der Waals surface area contributed by atoms with Crippen LogP contribution < -0.4 is 9.80 Å². The third-order valence-electron chi connectivity index (χ3n) is 10.9. The molecule has 11 aromatic rings. The molecule has 0 aliphatic carbocycles. The van der Waals surface area contributed by atoms with Gasteiger partial charge in [-0.25, -0.2) is 0 Å². The van der Waals surface area contributed by atoms with E-state index in [-0.39, 0.29) is 0 Å². The van der Waals surface area contributed by atoms with Crippen LogP contribution >= 0.6 is 11.8 Å². The minimum atomic E-state index is 0.847. The number of rotatable bonds is 5. The van der Waals surface area contributed by atoms with Crippen LogP contribution in [0.3, 0.4) is 0 Å². The average Bonchev–Trinajstić information content (AvgIpc) is 3.92. The first-order chi connectivity index (χ1) is 27.8. The van der Waals surface area contributed by atoms with E-state index in [1.165, 1.54) is 15.8 Å². The van der Waals surface area contributed by atoms with Crippen LogP contribution in [0.25, 0.3) is 60.5 Å². The first-order valence-electron chi connectivity index (χ1n) is 18.8. The molecule has 0 radical (unpaired) electrons. The monoisotopic (exact) mass is 737 g/mol. The lowest BCUT2D eigenvalue weighted by molar-refractivity contribution is 0.669. The van der Waals surface area contributed by atoms with Crippen LogP contribution in [0.5, 0.6) is 0 Å². The largest absolute Gasteiger partial charge is 0.456 e. The normalized spacial score (nSPS) is 12.5. The second-order valence-electron chi connectivity index (χ2n) is 14.2. The predicted octanol–water partition coefficient (Wildman–Crippen LogP) is 14.8. The fraction of sp³-hybridized carbons (Fsp3) is 0. The molecule has 1 aliphatic heterocycles. The van der Waals surface area contributed by atoms with Crippen molar-refractivity contribution in [1.29, 1.82) is 0 Å². The maximum absolute atomic E-state index is 6.44. The lowest BCUT2D eigenvalue weighted by Crippen LogP contribution is -2.18. The highest BCUT2D eigenvalue weighted by molar-refractivity contribution is 8.00. The van der Waals surface area contributed by atoms with E-state index in [9.17, 15) is 0 Å². The van der Waals surface area contributed by atoms with Gasteiger partial charge in [0.25, 0.3) is 0 Å². The number of anilines is 6. The summed E-state index contributed by atoms with van der Waals surface area (Å²) in [6.45, 7) is 0. The summed E-state index contributed by atoms with van der Waals surface area (Å²) in [5.41, 5.74) is 11.0. The SMILES string of the molecule is c1ccc(N2c3ccc(N(c4ccc5c(c4)oc4ccccc45)c4ccc5c(c4)oc4ccccc45)cc3Sc3c2n(-c2ccccc2)c2ccccc32)cc1. The van der Waals surface area contributed by atoms with E-state index >= 15 is 0 Å². The molecule has 0 amide bonds. The minimum Gasteiger partial charge on any atom is -0.456 e. The first kappa shape index (κ1) is 31.2. The number of fused-ring (bicyclic) bond motifs is 10. The standard InChI is InChI=1S/C50H31N3O2S/c1-3-13-32(14-4-1)52-42-20-10-7-19-41(42)49-50(52)53(33-15-5-2-6-16-33)43-28-25-36(31-48(43)56-49)51(34-23-26-39-37-17-8-11-21-44(37)54-46(39)29-34)35-24-27-40-38-18-9-12-22-45(38)55-47(40)30-35/h1-31H. The highest BCUT2D eigenvalue weighted by Gasteiger charge is 2.32. The molecule has 12 rings (SSSR count). The van der Waals surface area contributed by atoms with Gasteiger partial charge in [0.1, 0.15) is 28.1 Å². The van der Waals surface area contributed by atoms with E-state index in [4.69, 9.17) is 8.83 Å². The fourth-order valence-corrected chi connectivity index (χ4v) is 9.68. The lowest BCUT2D eigenvalue weighted by atomic mass is 10.1. The highest BCUT2D eigenvalue weighted by atomic mass is 32.2. The molecule has 0 bridgehead atoms. The molecule has 0 fully saturated rings. The summed E-state index contributed by atoms with van der Waals surface area (Å²) < 4.78 is 15.3. The maximum Gasteiger partial charge on any atom is 0.137 e. The lowest BCUT2D eigenvalue weighted by Gasteiger charge is -2.34. The predicted molar refractivity (Wildman–Crippen MR) is 231 cm³/mol. The van der Waals surface area contributed by atoms with Crippen LogP contribution in [0.1, 0.15) is 0 Å². The van der Waals surface area contributed by atoms with Crippen molar-refractivity contribution in [2.75, 3.05) is 9.80 Å². The molecule has 56 heavy (non-hydrogen) atoms. The average molecular weight is 738 g/mol. The number of benzene rings is 8. The maximum atomic E-state index is 6.44. The number of hydrogen-bond acceptors (Lipinski definition) is 5. The number of para-hydroxylation sites is 5. The first-order valence-corrected chi connectivity index (χ1v) is 19.6. The smallest absolute Gasteiger partial charge is 0.137 e. The van der Waals surface area contributed by atoms with Gasteiger partial charge in [-0.15, -0.1) is 0 Å². The Hall–Kier alpha value is -7.15. The topological polar surface area (TPSA) is 37.7 Å². The van der Waals surface area contributed by atoms with Crippen LogP contribution in [0.15, 0.2) is 207 Å². The van der Waals surface area contributed by atoms with Crippen molar-refractivity contribution in [2.45, 2.75) is 9.79 Å². The summed E-state index contributed by atoms with van der Waals surface area (Å²) in [7, 11) is 0. The minimum absolute atomic E-state index is 0.847. The van der Waals surface area contributed by atoms with E-state index in [0.29, 0.717) is 0 Å². The summed E-state index contributed by atoms with van der Waals surface area (Å²) in [6.07, 6.45) is 0. The van der Waals surface area contributed by atoms with Gasteiger partial charge in [0.05, 0.1) is 16.1 Å². The summed E-state index contributed by atoms with van der Waals surface area (Å²) in [5.74, 6) is 1.14. The van der Waals surface area contributed by atoms with Crippen molar-refractivity contribution in [1.82, 2.24) is 4.57 Å². The Morgan fingerprint density at radius 3 is 1.55 bits per heavy atom. The van der Waals surface area contributed by atoms with Crippen molar-refractivity contribution >= 4 is 101 Å². The zero-order valence-corrected chi connectivity index (χ0v) is 30.8. The second-order valence-corrected chi connectivity index (χ2v) is 15.2. The van der Waals surface area contributed by atoms with Gasteiger partial charge < -0.3 is 13.7 Å². The number of aromatic nitrogens is 1. The van der Waals surface area contributed by atoms with Gasteiger partial charge in [0.2, 0.25) is 0 Å². The summed E-state index contributed by atoms with van der Waals surface area (Å²) in [4.78, 5) is 7.12. The number of hydrogen-bond donors (Lipinski definition) is 0. The molecule has 0 N–H and O–H groups in total. The Bertz CT molecular complexity index is 3190. The van der Waals surface area contributed by atoms with E-state index in [0.717, 1.165) is 88.7 Å². The summed E-state index contributed by atoms with van der Waals surface area (Å²) in [6, 6.07) is 66.5. The van der Waals surface area contributed by atoms with Gasteiger partial charge in [0.15, 0.2) is 0 Å². The van der Waals surface area contributed by atoms with Crippen LogP contribution in [0.2, 0.25) is 0 Å². The molecule has 0 saturated carbocycles. The third-order valence-corrected chi connectivity index (χ3v) is 12.1. The quantitative estimate of drug-likeness (QED) is 0.176. The third kappa shape index (κ3) is 4.69. The van der Waals surface area contributed by atoms with E-state index in [2.05, 4.69) is 178 Å². The molecule has 0 atom stereocenters. The van der Waals surface area contributed by atoms with Gasteiger partial charge in [-0.1, -0.05) is 103 Å². The highest BCUT2D eigenvalue weighted by Crippen LogP contribution is 2.57. The van der Waals surface area contributed by atoms with Crippen molar-refractivity contribution in [3.8, 4) is 5.69 Å². The van der Waals surface area contributed by atoms with Gasteiger partial charge in [-0.2, -0.15) is 0 Å². The molecule has 264 valence electrons. The molecule has 1 aliphatic rings. The Kier molecular flexibility index (Phi) is 6.79. The molecule has 5 nitrogen and oxygen atoms in total. The number of nitrogens with zero attached hydrogens (tertiary/aromatic N) is 3. The van der Waals surface area contributed by atoms with Crippen LogP contribution in [-0.4, -0.2) is 4.57 Å². The van der Waals surface area contributed by atoms with Crippen LogP contribution in [0, 0.1) is 0 Å². The van der Waals surface area contributed by atoms with Gasteiger partial charge in [-0.05, 0) is 84.9 Å². The zero-order valence-electron chi connectivity index (χ0n) is 30.0. The Labute approximate surface area is 326 Å². The molecule has 6 heteroatoms. The van der Waals surface area contributed by atoms with E-state index in [1.54, 1.807) is 0 Å². The fourth-order valence-electron chi connectivity index (χ4n) is 8.46. The van der Waals surface area contributed by atoms with Gasteiger partial charge in [0, 0.05) is 72.4 Å². The molecular weight excluding hydrogens is 707 g/mol. The van der Waals surface area contributed by atoms with E-state index in [1.807, 2.05) is 36.0 Å². The van der Waals surface area contributed by atoms with Crippen molar-refractivity contribution in [3.05, 3.63) is 188 Å². The summed E-state index contributed by atoms with van der Waals surface area (Å²) in [5, 5.41) is 5.63. The Morgan fingerprint density at radius 1 is 0.411 bits per heavy atom. The molecule has 8 aromatic carbocycles. The summed E-state index contributed by atoms with van der Waals surface area (Å²) >= 11 is 1.83. The Morgan fingerprint density at radius 2 is 0.911 bits per heavy atom. The Balaban J connectivity index is 1.08. The van der Waals surface area contributed by atoms with Crippen molar-refractivity contribution in [3.63, 3.8) is 0 Å². The second kappa shape index (κ2) is 12.2. The molecule has 0 saturated heterocycles. The van der Waals surface area contributed by atoms with Crippen LogP contribution in [-0.2, 0) is 0 Å². The van der Waals surface area contributed by atoms with Crippen LogP contribution in [0.4, 0.5) is 34.3 Å². The zero-order chi connectivity index (χ0) is 36.7. The van der Waals surface area contributed by atoms with Crippen molar-refractivity contribution in [2.24, 2.45) is 0 Å². The van der Waals surface area contributed by atoms with Crippen molar-refractivity contribution < 1.29 is 8.83 Å². The van der Waals surface area contributed by atoms with Gasteiger partial charge in [-0.3, -0.25) is 9.47 Å². The molecule has 0 unspecified atom stereocenters. The molecule has 0 spiro atoms. The van der Waals surface area contributed by atoms with E-state index < -0.39 is 0 Å². The molecular formula is C50H31N3O2S. The molecule has 3 aromatic heterocycles. The number of furan rings is 2. The van der Waals surface area contributed by atoms with Gasteiger partial charge >= 0.3 is 0 Å². The molecule has 4 heterocycles.